The molecule has 0 fully saturated rings. The van der Waals surface area contributed by atoms with Crippen molar-refractivity contribution < 1.29 is 13.6 Å². The molecule has 0 aliphatic carbocycles. The van der Waals surface area contributed by atoms with Crippen molar-refractivity contribution in [3.8, 4) is 6.07 Å². The fourth-order valence-electron chi connectivity index (χ4n) is 4.55. The topological polar surface area (TPSA) is 70.7 Å². The summed E-state index contributed by atoms with van der Waals surface area (Å²) >= 11 is 0. The molecule has 0 saturated carbocycles. The van der Waals surface area contributed by atoms with Gasteiger partial charge in [0.25, 0.3) is 0 Å². The van der Waals surface area contributed by atoms with E-state index in [4.69, 9.17) is 4.98 Å². The van der Waals surface area contributed by atoms with Crippen LogP contribution in [0.1, 0.15) is 60.5 Å². The van der Waals surface area contributed by atoms with Crippen LogP contribution in [0.3, 0.4) is 0 Å². The number of carbonyl (C=O) groups excluding carboxylic acids is 1. The van der Waals surface area contributed by atoms with Gasteiger partial charge in [0.1, 0.15) is 23.4 Å². The van der Waals surface area contributed by atoms with Gasteiger partial charge >= 0.3 is 0 Å². The van der Waals surface area contributed by atoms with Crippen LogP contribution >= 0.6 is 0 Å². The van der Waals surface area contributed by atoms with Crippen molar-refractivity contribution in [2.75, 3.05) is 0 Å². The molecule has 0 atom stereocenters. The Kier molecular flexibility index (Phi) is 6.95. The maximum Gasteiger partial charge on any atom is 0.244 e. The molecule has 0 unspecified atom stereocenters. The highest BCUT2D eigenvalue weighted by Gasteiger charge is 2.27. The molecule has 0 radical (unpaired) electrons. The number of fused-ring (bicyclic) bond motifs is 1. The smallest absolute Gasteiger partial charge is 0.244 e. The van der Waals surface area contributed by atoms with Crippen LogP contribution < -0.4 is 5.32 Å². The zero-order chi connectivity index (χ0) is 26.9. The third kappa shape index (κ3) is 5.44. The van der Waals surface area contributed by atoms with Crippen LogP contribution in [0.4, 0.5) is 8.78 Å². The predicted octanol–water partition coefficient (Wildman–Crippen LogP) is 6.37. The first-order chi connectivity index (χ1) is 17.5. The van der Waals surface area contributed by atoms with Crippen LogP contribution in [0, 0.1) is 36.8 Å². The number of aryl methyl sites for hydroxylation is 2. The lowest BCUT2D eigenvalue weighted by molar-refractivity contribution is -0.117. The van der Waals surface area contributed by atoms with Gasteiger partial charge in [-0.15, -0.1) is 0 Å². The maximum absolute atomic E-state index is 13.9. The van der Waals surface area contributed by atoms with Gasteiger partial charge < -0.3 is 9.88 Å². The largest absolute Gasteiger partial charge is 0.348 e. The van der Waals surface area contributed by atoms with Gasteiger partial charge in [0, 0.05) is 22.7 Å². The third-order valence-corrected chi connectivity index (χ3v) is 5.95. The van der Waals surface area contributed by atoms with Crippen molar-refractivity contribution in [2.45, 2.75) is 46.2 Å². The van der Waals surface area contributed by atoms with Gasteiger partial charge in [-0.25, -0.2) is 13.8 Å². The van der Waals surface area contributed by atoms with Gasteiger partial charge in [-0.1, -0.05) is 24.3 Å². The van der Waals surface area contributed by atoms with E-state index in [0.717, 1.165) is 11.3 Å². The lowest BCUT2D eigenvalue weighted by Gasteiger charge is -2.23. The number of rotatable bonds is 5. The second-order valence-electron chi connectivity index (χ2n) is 10.1. The number of nitriles is 1. The molecule has 5 nitrogen and oxygen atoms in total. The zero-order valence-corrected chi connectivity index (χ0v) is 21.4. The number of hydrogen-bond donors (Lipinski definition) is 1. The number of benzene rings is 2. The molecule has 7 heteroatoms. The Morgan fingerprint density at radius 2 is 1.57 bits per heavy atom. The minimum atomic E-state index is -0.579. The summed E-state index contributed by atoms with van der Waals surface area (Å²) in [6, 6.07) is 15.7. The van der Waals surface area contributed by atoms with Crippen molar-refractivity contribution in [1.29, 1.82) is 5.26 Å². The van der Waals surface area contributed by atoms with E-state index in [1.54, 1.807) is 30.3 Å². The second kappa shape index (κ2) is 9.98. The molecule has 2 aromatic heterocycles. The first kappa shape index (κ1) is 25.8. The number of aromatic nitrogens is 2. The van der Waals surface area contributed by atoms with Crippen LogP contribution in [-0.2, 0) is 4.79 Å². The van der Waals surface area contributed by atoms with Crippen molar-refractivity contribution >= 4 is 23.0 Å². The summed E-state index contributed by atoms with van der Waals surface area (Å²) in [4.78, 5) is 17.5. The lowest BCUT2D eigenvalue weighted by Crippen LogP contribution is -2.39. The van der Waals surface area contributed by atoms with E-state index in [1.165, 1.54) is 30.3 Å². The molecule has 2 aromatic carbocycles. The molecule has 2 heterocycles. The molecular formula is C30H28F2N4O. The van der Waals surface area contributed by atoms with Gasteiger partial charge in [0.2, 0.25) is 5.91 Å². The molecule has 1 amide bonds. The summed E-state index contributed by atoms with van der Waals surface area (Å²) < 4.78 is 29.6. The van der Waals surface area contributed by atoms with Crippen molar-refractivity contribution in [3.05, 3.63) is 106 Å². The number of nitrogens with zero attached hydrogens (tertiary/aromatic N) is 3. The Morgan fingerprint density at radius 3 is 2.05 bits per heavy atom. The van der Waals surface area contributed by atoms with E-state index in [-0.39, 0.29) is 17.5 Å². The van der Waals surface area contributed by atoms with E-state index in [1.807, 2.05) is 45.3 Å². The molecule has 0 spiro atoms. The van der Waals surface area contributed by atoms with E-state index >= 15 is 0 Å². The van der Waals surface area contributed by atoms with Gasteiger partial charge in [0.05, 0.1) is 17.3 Å². The van der Waals surface area contributed by atoms with E-state index < -0.39 is 11.6 Å². The summed E-state index contributed by atoms with van der Waals surface area (Å²) in [5.74, 6) is -1.09. The molecule has 188 valence electrons. The van der Waals surface area contributed by atoms with Crippen molar-refractivity contribution in [2.24, 2.45) is 0 Å². The highest BCUT2D eigenvalue weighted by atomic mass is 19.1. The Labute approximate surface area is 215 Å². The first-order valence-corrected chi connectivity index (χ1v) is 11.9. The minimum Gasteiger partial charge on any atom is -0.348 e. The fourth-order valence-corrected chi connectivity index (χ4v) is 4.55. The standard InChI is InChI=1S/C30H28F2N4O/c1-18-16-19(2)34-29-27(18)24(17-33)25(14-15-26(37)35-30(3,4)5)36(29)28(20-6-10-22(31)11-7-20)21-8-12-23(32)13-9-21/h6-16,28H,1-5H3,(H,35,37)/b15-14+. The molecule has 0 saturated heterocycles. The molecule has 4 aromatic rings. The van der Waals surface area contributed by atoms with Crippen LogP contribution in [0.25, 0.3) is 17.1 Å². The van der Waals surface area contributed by atoms with Crippen LogP contribution in [0.5, 0.6) is 0 Å². The molecule has 0 bridgehead atoms. The minimum absolute atomic E-state index is 0.311. The number of pyridine rings is 1. The number of nitrogens with one attached hydrogen (secondary N) is 1. The monoisotopic (exact) mass is 498 g/mol. The molecule has 4 rings (SSSR count). The molecule has 0 aliphatic heterocycles. The summed E-state index contributed by atoms with van der Waals surface area (Å²) in [5, 5.41) is 13.8. The quantitative estimate of drug-likeness (QED) is 0.325. The molecular weight excluding hydrogens is 470 g/mol. The normalized spacial score (nSPS) is 11.9. The summed E-state index contributed by atoms with van der Waals surface area (Å²) in [6.45, 7) is 9.42. The fraction of sp³-hybridized carbons (Fsp3) is 0.233. The summed E-state index contributed by atoms with van der Waals surface area (Å²) in [7, 11) is 0. The molecule has 37 heavy (non-hydrogen) atoms. The van der Waals surface area contributed by atoms with Crippen LogP contribution in [0.15, 0.2) is 60.7 Å². The van der Waals surface area contributed by atoms with Gasteiger partial charge in [-0.3, -0.25) is 4.79 Å². The lowest BCUT2D eigenvalue weighted by atomic mass is 9.97. The Bertz CT molecular complexity index is 1490. The van der Waals surface area contributed by atoms with Crippen LogP contribution in [-0.4, -0.2) is 21.0 Å². The first-order valence-electron chi connectivity index (χ1n) is 11.9. The number of amides is 1. The molecule has 1 N–H and O–H groups in total. The van der Waals surface area contributed by atoms with Gasteiger partial charge in [0.15, 0.2) is 0 Å². The van der Waals surface area contributed by atoms with Crippen LogP contribution in [0.2, 0.25) is 0 Å². The Morgan fingerprint density at radius 1 is 1.03 bits per heavy atom. The van der Waals surface area contributed by atoms with E-state index in [9.17, 15) is 18.8 Å². The van der Waals surface area contributed by atoms with E-state index in [2.05, 4.69) is 11.4 Å². The average Bonchev–Trinajstić information content (AvgIpc) is 3.12. The number of carbonyl (C=O) groups is 1. The highest BCUT2D eigenvalue weighted by Crippen LogP contribution is 2.37. The number of halogens is 2. The second-order valence-corrected chi connectivity index (χ2v) is 10.1. The number of hydrogen-bond acceptors (Lipinski definition) is 3. The summed E-state index contributed by atoms with van der Waals surface area (Å²) in [5.41, 5.74) is 3.99. The Hall–Kier alpha value is -4.31. The van der Waals surface area contributed by atoms with Crippen molar-refractivity contribution in [1.82, 2.24) is 14.9 Å². The third-order valence-electron chi connectivity index (χ3n) is 5.95. The van der Waals surface area contributed by atoms with Gasteiger partial charge in [-0.2, -0.15) is 5.26 Å². The van der Waals surface area contributed by atoms with Gasteiger partial charge in [-0.05, 0) is 87.7 Å². The molecule has 0 aliphatic rings. The van der Waals surface area contributed by atoms with Crippen molar-refractivity contribution in [3.63, 3.8) is 0 Å². The highest BCUT2D eigenvalue weighted by molar-refractivity contribution is 5.96. The SMILES string of the molecule is Cc1cc(C)c2c(C#N)c(/C=C/C(=O)NC(C)(C)C)n(C(c3ccc(F)cc3)c3ccc(F)cc3)c2n1. The summed E-state index contributed by atoms with van der Waals surface area (Å²) in [6.07, 6.45) is 3.00. The average molecular weight is 499 g/mol. The zero-order valence-electron chi connectivity index (χ0n) is 21.4. The van der Waals surface area contributed by atoms with E-state index in [0.29, 0.717) is 33.4 Å². The Balaban J connectivity index is 2.07. The predicted molar refractivity (Wildman–Crippen MR) is 141 cm³/mol. The maximum atomic E-state index is 13.9.